The maximum absolute atomic E-state index is 13.9. The Morgan fingerprint density at radius 2 is 2.00 bits per heavy atom. The van der Waals surface area contributed by atoms with E-state index in [0.29, 0.717) is 60.0 Å². The van der Waals surface area contributed by atoms with Gasteiger partial charge in [0, 0.05) is 37.6 Å². The molecule has 2 aliphatic rings. The Kier molecular flexibility index (Phi) is 5.91. The zero-order valence-electron chi connectivity index (χ0n) is 21.3. The highest BCUT2D eigenvalue weighted by Gasteiger charge is 2.51. The Balaban J connectivity index is 1.72. The molecular weight excluding hydrogens is 477 g/mol. The minimum absolute atomic E-state index is 0.0571. The molecule has 1 unspecified atom stereocenters. The van der Waals surface area contributed by atoms with Gasteiger partial charge in [-0.3, -0.25) is 4.79 Å². The van der Waals surface area contributed by atoms with E-state index in [1.807, 2.05) is 0 Å². The summed E-state index contributed by atoms with van der Waals surface area (Å²) in [5.74, 6) is -2.80. The number of nitrogens with two attached hydrogens (primary N) is 1. The Morgan fingerprint density at radius 3 is 2.59 bits per heavy atom. The lowest BCUT2D eigenvalue weighted by Gasteiger charge is -2.44. The van der Waals surface area contributed by atoms with Gasteiger partial charge in [-0.15, -0.1) is 0 Å². The molecule has 1 aliphatic carbocycles. The summed E-state index contributed by atoms with van der Waals surface area (Å²) in [6.45, 7) is 5.97. The molecule has 1 aromatic carbocycles. The number of rotatable bonds is 5. The predicted octanol–water partition coefficient (Wildman–Crippen LogP) is 2.81. The van der Waals surface area contributed by atoms with Crippen LogP contribution < -0.4 is 11.1 Å². The molecule has 3 heterocycles. The van der Waals surface area contributed by atoms with Crippen molar-refractivity contribution in [3.8, 4) is 22.8 Å². The van der Waals surface area contributed by atoms with E-state index in [9.17, 15) is 19.1 Å². The second-order valence-corrected chi connectivity index (χ2v) is 10.8. The summed E-state index contributed by atoms with van der Waals surface area (Å²) in [5.41, 5.74) is 8.34. The summed E-state index contributed by atoms with van der Waals surface area (Å²) in [5, 5.41) is 13.5. The van der Waals surface area contributed by atoms with Crippen LogP contribution in [0.3, 0.4) is 0 Å². The van der Waals surface area contributed by atoms with Crippen LogP contribution in [0, 0.1) is 5.82 Å². The number of nitrogens with zero attached hydrogens (tertiary/aromatic N) is 3. The number of hydrogen-bond acceptors (Lipinski definition) is 7. The zero-order valence-corrected chi connectivity index (χ0v) is 21.3. The third-order valence-electron chi connectivity index (χ3n) is 6.97. The summed E-state index contributed by atoms with van der Waals surface area (Å²) < 4.78 is 21.4. The molecule has 5 rings (SSSR count). The Hall–Kier alpha value is -3.63. The van der Waals surface area contributed by atoms with Gasteiger partial charge >= 0.3 is 11.9 Å². The van der Waals surface area contributed by atoms with Crippen molar-refractivity contribution in [2.75, 3.05) is 13.1 Å². The van der Waals surface area contributed by atoms with Crippen molar-refractivity contribution in [1.82, 2.24) is 19.9 Å². The van der Waals surface area contributed by atoms with Crippen LogP contribution in [0.15, 0.2) is 30.5 Å². The molecule has 0 spiro atoms. The van der Waals surface area contributed by atoms with Gasteiger partial charge in [-0.1, -0.05) is 12.1 Å². The van der Waals surface area contributed by atoms with Gasteiger partial charge in [-0.05, 0) is 56.9 Å². The molecule has 1 saturated heterocycles. The van der Waals surface area contributed by atoms with Gasteiger partial charge in [0.05, 0.1) is 22.5 Å². The topological polar surface area (TPSA) is 132 Å². The lowest BCUT2D eigenvalue weighted by atomic mass is 9.76. The van der Waals surface area contributed by atoms with Crippen LogP contribution in [0.4, 0.5) is 4.39 Å². The summed E-state index contributed by atoms with van der Waals surface area (Å²) in [6.07, 6.45) is 2.67. The number of aryl methyl sites for hydroxylation is 1. The SMILES string of the molecule is Cn1c2c(c(C(=O)O)c1C(C(=O)OC(C)(C)C)C1(N)CNC1)CCc1cnc(-c3cccc(F)c3)nc1-2. The summed E-state index contributed by atoms with van der Waals surface area (Å²) >= 11 is 0. The van der Waals surface area contributed by atoms with E-state index in [-0.39, 0.29) is 5.56 Å². The fourth-order valence-corrected chi connectivity index (χ4v) is 5.30. The molecule has 1 atom stereocenters. The molecule has 1 aliphatic heterocycles. The van der Waals surface area contributed by atoms with Crippen molar-refractivity contribution >= 4 is 11.9 Å². The van der Waals surface area contributed by atoms with Crippen LogP contribution in [-0.2, 0) is 29.4 Å². The van der Waals surface area contributed by atoms with Crippen LogP contribution in [0.25, 0.3) is 22.8 Å². The zero-order chi connectivity index (χ0) is 26.7. The first kappa shape index (κ1) is 25.0. The summed E-state index contributed by atoms with van der Waals surface area (Å²) in [4.78, 5) is 35.4. The molecule has 0 saturated carbocycles. The number of hydrogen-bond donors (Lipinski definition) is 3. The largest absolute Gasteiger partial charge is 0.478 e. The molecule has 194 valence electrons. The smallest absolute Gasteiger partial charge is 0.337 e. The molecule has 2 aromatic heterocycles. The Labute approximate surface area is 213 Å². The van der Waals surface area contributed by atoms with Gasteiger partial charge in [-0.25, -0.2) is 19.2 Å². The number of nitrogens with one attached hydrogen (secondary N) is 1. The van der Waals surface area contributed by atoms with Gasteiger partial charge in [0.1, 0.15) is 17.3 Å². The number of ether oxygens (including phenoxy) is 1. The number of carboxylic acids is 1. The van der Waals surface area contributed by atoms with Gasteiger partial charge < -0.3 is 25.5 Å². The molecule has 3 aromatic rings. The third kappa shape index (κ3) is 4.30. The first-order chi connectivity index (χ1) is 17.4. The highest BCUT2D eigenvalue weighted by molar-refractivity contribution is 5.97. The second-order valence-electron chi connectivity index (χ2n) is 10.8. The number of carbonyl (C=O) groups excluding carboxylic acids is 1. The third-order valence-corrected chi connectivity index (χ3v) is 6.97. The number of aromatic carboxylic acids is 1. The van der Waals surface area contributed by atoms with Crippen molar-refractivity contribution in [2.24, 2.45) is 12.8 Å². The Morgan fingerprint density at radius 1 is 1.27 bits per heavy atom. The fourth-order valence-electron chi connectivity index (χ4n) is 5.30. The molecule has 37 heavy (non-hydrogen) atoms. The first-order valence-corrected chi connectivity index (χ1v) is 12.2. The van der Waals surface area contributed by atoms with Crippen LogP contribution >= 0.6 is 0 Å². The number of aromatic nitrogens is 3. The maximum atomic E-state index is 13.9. The number of esters is 1. The molecular formula is C27H30FN5O4. The number of halogens is 1. The van der Waals surface area contributed by atoms with Crippen molar-refractivity contribution in [3.05, 3.63) is 58.7 Å². The monoisotopic (exact) mass is 507 g/mol. The second kappa shape index (κ2) is 8.74. The molecule has 1 fully saturated rings. The van der Waals surface area contributed by atoms with Crippen molar-refractivity contribution in [3.63, 3.8) is 0 Å². The van der Waals surface area contributed by atoms with Crippen molar-refractivity contribution in [1.29, 1.82) is 0 Å². The molecule has 0 amide bonds. The van der Waals surface area contributed by atoms with Gasteiger partial charge in [0.2, 0.25) is 0 Å². The molecule has 9 nitrogen and oxygen atoms in total. The number of fused-ring (bicyclic) bond motifs is 3. The highest BCUT2D eigenvalue weighted by Crippen LogP contribution is 2.43. The lowest BCUT2D eigenvalue weighted by Crippen LogP contribution is -2.70. The van der Waals surface area contributed by atoms with E-state index in [4.69, 9.17) is 15.5 Å². The van der Waals surface area contributed by atoms with Gasteiger partial charge in [-0.2, -0.15) is 0 Å². The van der Waals surface area contributed by atoms with Crippen molar-refractivity contribution < 1.29 is 23.8 Å². The normalized spacial score (nSPS) is 16.8. The highest BCUT2D eigenvalue weighted by atomic mass is 19.1. The van der Waals surface area contributed by atoms with E-state index in [0.717, 1.165) is 5.56 Å². The molecule has 0 bridgehead atoms. The Bertz CT molecular complexity index is 1420. The van der Waals surface area contributed by atoms with Gasteiger partial charge in [0.15, 0.2) is 5.82 Å². The number of benzene rings is 1. The fraction of sp³-hybridized carbons (Fsp3) is 0.407. The summed E-state index contributed by atoms with van der Waals surface area (Å²) in [6, 6.07) is 6.00. The van der Waals surface area contributed by atoms with E-state index >= 15 is 0 Å². The minimum Gasteiger partial charge on any atom is -0.478 e. The summed E-state index contributed by atoms with van der Waals surface area (Å²) in [7, 11) is 1.73. The minimum atomic E-state index is -1.14. The molecule has 0 radical (unpaired) electrons. The van der Waals surface area contributed by atoms with Crippen LogP contribution in [0.1, 0.15) is 53.9 Å². The van der Waals surface area contributed by atoms with E-state index in [2.05, 4.69) is 10.3 Å². The van der Waals surface area contributed by atoms with Crippen LogP contribution in [-0.4, -0.2) is 55.8 Å². The van der Waals surface area contributed by atoms with E-state index in [1.54, 1.807) is 50.7 Å². The quantitative estimate of drug-likeness (QED) is 0.449. The first-order valence-electron chi connectivity index (χ1n) is 12.2. The average Bonchev–Trinajstić information content (AvgIpc) is 3.09. The predicted molar refractivity (Wildman–Crippen MR) is 135 cm³/mol. The van der Waals surface area contributed by atoms with Crippen molar-refractivity contribution in [2.45, 2.75) is 50.7 Å². The van der Waals surface area contributed by atoms with E-state index < -0.39 is 34.8 Å². The number of carbonyl (C=O) groups is 2. The number of carboxylic acid groups (broad SMARTS) is 1. The van der Waals surface area contributed by atoms with Crippen LogP contribution in [0.5, 0.6) is 0 Å². The lowest BCUT2D eigenvalue weighted by molar-refractivity contribution is -0.159. The molecule has 10 heteroatoms. The average molecular weight is 508 g/mol. The standard InChI is InChI=1S/C27H30FN5O4/c1-26(2,3)37-25(36)19(27(29)12-30-13-27)22-18(24(34)35)17-9-8-15-11-31-23(14-6-5-7-16(28)10-14)32-20(15)21(17)33(22)4/h5-7,10-11,19,30H,8-9,12-13,29H2,1-4H3,(H,34,35). The van der Waals surface area contributed by atoms with Gasteiger partial charge in [0.25, 0.3) is 0 Å². The van der Waals surface area contributed by atoms with E-state index in [1.165, 1.54) is 12.1 Å². The van der Waals surface area contributed by atoms with Crippen LogP contribution in [0.2, 0.25) is 0 Å². The maximum Gasteiger partial charge on any atom is 0.337 e. The molecule has 4 N–H and O–H groups in total.